The molecule has 0 spiro atoms. The molecule has 76 valence electrons. The van der Waals surface area contributed by atoms with Crippen molar-refractivity contribution in [3.63, 3.8) is 0 Å². The molecule has 0 aromatic carbocycles. The minimum atomic E-state index is 0.826. The minimum absolute atomic E-state index is 0.826. The Labute approximate surface area is 84.9 Å². The van der Waals surface area contributed by atoms with Crippen LogP contribution in [-0.4, -0.2) is 16.7 Å². The molecule has 3 nitrogen and oxygen atoms in total. The molecule has 1 aromatic rings. The predicted octanol–water partition coefficient (Wildman–Crippen LogP) is 2.32. The van der Waals surface area contributed by atoms with Gasteiger partial charge in [-0.3, -0.25) is 0 Å². The molecule has 2 rings (SSSR count). The van der Waals surface area contributed by atoms with Crippen LogP contribution in [0.25, 0.3) is 0 Å². The molecule has 1 aliphatic carbocycles. The first kappa shape index (κ1) is 9.44. The Morgan fingerprint density at radius 2 is 2.43 bits per heavy atom. The lowest BCUT2D eigenvalue weighted by Crippen LogP contribution is -2.12. The van der Waals surface area contributed by atoms with Crippen molar-refractivity contribution >= 4 is 5.82 Å². The van der Waals surface area contributed by atoms with Gasteiger partial charge in [0.1, 0.15) is 5.82 Å². The average Bonchev–Trinajstić information content (AvgIpc) is 2.63. The van der Waals surface area contributed by atoms with Gasteiger partial charge in [0.05, 0.1) is 0 Å². The first-order valence-electron chi connectivity index (χ1n) is 5.36. The molecule has 0 bridgehead atoms. The Kier molecular flexibility index (Phi) is 2.96. The summed E-state index contributed by atoms with van der Waals surface area (Å²) in [5.41, 5.74) is 0. The molecule has 2 unspecified atom stereocenters. The lowest BCUT2D eigenvalue weighted by atomic mass is 10.1. The summed E-state index contributed by atoms with van der Waals surface area (Å²) in [6.07, 6.45) is 5.79. The van der Waals surface area contributed by atoms with Crippen molar-refractivity contribution in [2.24, 2.45) is 11.8 Å². The number of aromatic nitrogens is 2. The van der Waals surface area contributed by atoms with Gasteiger partial charge in [0, 0.05) is 12.7 Å². The summed E-state index contributed by atoms with van der Waals surface area (Å²) in [5.74, 6) is 2.63. The number of hydrogen-bond donors (Lipinski definition) is 1. The first-order chi connectivity index (χ1) is 6.84. The van der Waals surface area contributed by atoms with Crippen molar-refractivity contribution in [3.05, 3.63) is 18.3 Å². The number of hydrogen-bond acceptors (Lipinski definition) is 3. The summed E-state index contributed by atoms with van der Waals surface area (Å²) in [7, 11) is 0. The van der Waals surface area contributed by atoms with E-state index in [9.17, 15) is 0 Å². The standard InChI is InChI=1S/C11H17N3/c1-9-4-5-10(7-9)8-12-11-3-2-6-13-14-11/h2-3,6,9-10H,4-5,7-8H2,1H3,(H,12,14). The topological polar surface area (TPSA) is 37.8 Å². The van der Waals surface area contributed by atoms with Crippen molar-refractivity contribution in [2.45, 2.75) is 26.2 Å². The Morgan fingerprint density at radius 3 is 3.07 bits per heavy atom. The SMILES string of the molecule is CC1CCC(CNc2cccnn2)C1. The summed E-state index contributed by atoms with van der Waals surface area (Å²) in [6, 6.07) is 3.87. The lowest BCUT2D eigenvalue weighted by Gasteiger charge is -2.10. The van der Waals surface area contributed by atoms with Gasteiger partial charge in [0.25, 0.3) is 0 Å². The molecule has 1 aliphatic rings. The molecule has 0 aliphatic heterocycles. The number of nitrogens with zero attached hydrogens (tertiary/aromatic N) is 2. The van der Waals surface area contributed by atoms with Crippen LogP contribution in [0.1, 0.15) is 26.2 Å². The Morgan fingerprint density at radius 1 is 1.50 bits per heavy atom. The maximum absolute atomic E-state index is 4.00. The minimum Gasteiger partial charge on any atom is -0.368 e. The third-order valence-corrected chi connectivity index (χ3v) is 2.95. The fourth-order valence-electron chi connectivity index (χ4n) is 2.16. The van der Waals surface area contributed by atoms with Crippen LogP contribution in [0.3, 0.4) is 0 Å². The van der Waals surface area contributed by atoms with Gasteiger partial charge in [-0.05, 0) is 36.8 Å². The van der Waals surface area contributed by atoms with E-state index in [1.165, 1.54) is 19.3 Å². The molecule has 0 saturated heterocycles. The van der Waals surface area contributed by atoms with Crippen molar-refractivity contribution in [2.75, 3.05) is 11.9 Å². The van der Waals surface area contributed by atoms with E-state index >= 15 is 0 Å². The second kappa shape index (κ2) is 4.40. The summed E-state index contributed by atoms with van der Waals surface area (Å²) < 4.78 is 0. The molecule has 1 aromatic heterocycles. The molecule has 2 atom stereocenters. The highest BCUT2D eigenvalue weighted by atomic mass is 15.2. The van der Waals surface area contributed by atoms with Crippen LogP contribution >= 0.6 is 0 Å². The second-order valence-corrected chi connectivity index (χ2v) is 4.27. The van der Waals surface area contributed by atoms with Crippen LogP contribution < -0.4 is 5.32 Å². The molecular weight excluding hydrogens is 174 g/mol. The molecule has 1 N–H and O–H groups in total. The molecule has 14 heavy (non-hydrogen) atoms. The van der Waals surface area contributed by atoms with Crippen LogP contribution in [0.5, 0.6) is 0 Å². The van der Waals surface area contributed by atoms with E-state index in [2.05, 4.69) is 22.4 Å². The normalized spacial score (nSPS) is 26.4. The first-order valence-corrected chi connectivity index (χ1v) is 5.36. The summed E-state index contributed by atoms with van der Waals surface area (Å²) in [6.45, 7) is 3.38. The van der Waals surface area contributed by atoms with Gasteiger partial charge in [0.2, 0.25) is 0 Å². The third-order valence-electron chi connectivity index (χ3n) is 2.95. The van der Waals surface area contributed by atoms with Crippen molar-refractivity contribution in [3.8, 4) is 0 Å². The zero-order chi connectivity index (χ0) is 9.80. The number of anilines is 1. The second-order valence-electron chi connectivity index (χ2n) is 4.27. The van der Waals surface area contributed by atoms with Crippen LogP contribution in [0.4, 0.5) is 5.82 Å². The van der Waals surface area contributed by atoms with E-state index in [0.717, 1.165) is 24.2 Å². The molecule has 0 radical (unpaired) electrons. The Balaban J connectivity index is 1.78. The average molecular weight is 191 g/mol. The monoisotopic (exact) mass is 191 g/mol. The van der Waals surface area contributed by atoms with E-state index < -0.39 is 0 Å². The fraction of sp³-hybridized carbons (Fsp3) is 0.636. The van der Waals surface area contributed by atoms with Crippen LogP contribution in [-0.2, 0) is 0 Å². The van der Waals surface area contributed by atoms with Crippen LogP contribution in [0.2, 0.25) is 0 Å². The Bertz CT molecular complexity index is 273. The fourth-order valence-corrected chi connectivity index (χ4v) is 2.16. The van der Waals surface area contributed by atoms with E-state index in [1.54, 1.807) is 6.20 Å². The zero-order valence-corrected chi connectivity index (χ0v) is 8.61. The van der Waals surface area contributed by atoms with Crippen molar-refractivity contribution in [1.82, 2.24) is 10.2 Å². The highest BCUT2D eigenvalue weighted by molar-refractivity contribution is 5.31. The van der Waals surface area contributed by atoms with E-state index in [1.807, 2.05) is 12.1 Å². The van der Waals surface area contributed by atoms with Gasteiger partial charge in [0.15, 0.2) is 0 Å². The van der Waals surface area contributed by atoms with Gasteiger partial charge < -0.3 is 5.32 Å². The molecule has 1 fully saturated rings. The molecule has 0 amide bonds. The quantitative estimate of drug-likeness (QED) is 0.796. The summed E-state index contributed by atoms with van der Waals surface area (Å²) >= 11 is 0. The summed E-state index contributed by atoms with van der Waals surface area (Å²) in [4.78, 5) is 0. The van der Waals surface area contributed by atoms with Crippen LogP contribution in [0.15, 0.2) is 18.3 Å². The van der Waals surface area contributed by atoms with Gasteiger partial charge >= 0.3 is 0 Å². The van der Waals surface area contributed by atoms with Gasteiger partial charge in [-0.1, -0.05) is 13.3 Å². The molecular formula is C11H17N3. The van der Waals surface area contributed by atoms with E-state index in [-0.39, 0.29) is 0 Å². The Hall–Kier alpha value is -1.12. The number of rotatable bonds is 3. The van der Waals surface area contributed by atoms with Gasteiger partial charge in [-0.25, -0.2) is 0 Å². The maximum atomic E-state index is 4.00. The van der Waals surface area contributed by atoms with Crippen LogP contribution in [0, 0.1) is 11.8 Å². The highest BCUT2D eigenvalue weighted by Crippen LogP contribution is 2.30. The largest absolute Gasteiger partial charge is 0.368 e. The molecule has 3 heteroatoms. The van der Waals surface area contributed by atoms with Gasteiger partial charge in [-0.2, -0.15) is 5.10 Å². The van der Waals surface area contributed by atoms with E-state index in [0.29, 0.717) is 0 Å². The maximum Gasteiger partial charge on any atom is 0.148 e. The lowest BCUT2D eigenvalue weighted by molar-refractivity contribution is 0.536. The molecule has 1 saturated carbocycles. The van der Waals surface area contributed by atoms with Crippen molar-refractivity contribution < 1.29 is 0 Å². The van der Waals surface area contributed by atoms with Crippen molar-refractivity contribution in [1.29, 1.82) is 0 Å². The zero-order valence-electron chi connectivity index (χ0n) is 8.61. The van der Waals surface area contributed by atoms with E-state index in [4.69, 9.17) is 0 Å². The third kappa shape index (κ3) is 2.44. The highest BCUT2D eigenvalue weighted by Gasteiger charge is 2.20. The summed E-state index contributed by atoms with van der Waals surface area (Å²) in [5, 5.41) is 11.2. The number of nitrogens with one attached hydrogen (secondary N) is 1. The molecule has 1 heterocycles. The van der Waals surface area contributed by atoms with Gasteiger partial charge in [-0.15, -0.1) is 5.10 Å². The predicted molar refractivity (Wildman–Crippen MR) is 57.0 cm³/mol. The smallest absolute Gasteiger partial charge is 0.148 e.